The summed E-state index contributed by atoms with van der Waals surface area (Å²) in [5.74, 6) is 0. The highest BCUT2D eigenvalue weighted by Crippen LogP contribution is 2.46. The Labute approximate surface area is 95.5 Å². The molecule has 1 fully saturated rings. The molecule has 0 radical (unpaired) electrons. The fourth-order valence-corrected chi connectivity index (χ4v) is 3.38. The van der Waals surface area contributed by atoms with Crippen molar-refractivity contribution in [2.24, 2.45) is 0 Å². The monoisotopic (exact) mass is 248 g/mol. The van der Waals surface area contributed by atoms with Crippen LogP contribution >= 0.6 is 11.8 Å². The number of hydrogen-bond acceptors (Lipinski definition) is 4. The third kappa shape index (κ3) is 3.10. The highest BCUT2D eigenvalue weighted by Gasteiger charge is 2.43. The molecule has 1 saturated carbocycles. The van der Waals surface area contributed by atoms with Crippen LogP contribution in [0, 0.1) is 11.3 Å². The summed E-state index contributed by atoms with van der Waals surface area (Å²) in [6.07, 6.45) is 4.43. The minimum atomic E-state index is -3.45. The van der Waals surface area contributed by atoms with Crippen molar-refractivity contribution >= 4 is 21.8 Å². The van der Waals surface area contributed by atoms with Gasteiger partial charge in [-0.15, -0.1) is 0 Å². The molecule has 1 aliphatic carbocycles. The fourth-order valence-electron chi connectivity index (χ4n) is 1.31. The Hall–Kier alpha value is -0.250. The molecule has 4 nitrogen and oxygen atoms in total. The molecule has 15 heavy (non-hydrogen) atoms. The van der Waals surface area contributed by atoms with E-state index in [0.717, 1.165) is 12.8 Å². The van der Waals surface area contributed by atoms with Crippen molar-refractivity contribution < 1.29 is 8.42 Å². The van der Waals surface area contributed by atoms with Crippen LogP contribution in [0.15, 0.2) is 0 Å². The van der Waals surface area contributed by atoms with Crippen LogP contribution in [0.5, 0.6) is 0 Å². The maximum Gasteiger partial charge on any atom is 0.228 e. The third-order valence-electron chi connectivity index (χ3n) is 2.73. The fraction of sp³-hybridized carbons (Fsp3) is 0.889. The summed E-state index contributed by atoms with van der Waals surface area (Å²) in [6.45, 7) is 2.16. The lowest BCUT2D eigenvalue weighted by atomic mass is 10.4. The van der Waals surface area contributed by atoms with Crippen LogP contribution in [0.1, 0.15) is 26.2 Å². The average molecular weight is 248 g/mol. The zero-order valence-corrected chi connectivity index (χ0v) is 10.6. The zero-order chi connectivity index (χ0) is 11.5. The highest BCUT2D eigenvalue weighted by molar-refractivity contribution is 8.00. The maximum absolute atomic E-state index is 11.6. The van der Waals surface area contributed by atoms with Crippen molar-refractivity contribution in [2.75, 3.05) is 12.8 Å². The highest BCUT2D eigenvalue weighted by atomic mass is 32.2. The van der Waals surface area contributed by atoms with Gasteiger partial charge in [0, 0.05) is 11.3 Å². The van der Waals surface area contributed by atoms with Gasteiger partial charge < -0.3 is 0 Å². The van der Waals surface area contributed by atoms with E-state index in [9.17, 15) is 8.42 Å². The molecule has 1 rings (SSSR count). The Morgan fingerprint density at radius 3 is 2.53 bits per heavy atom. The van der Waals surface area contributed by atoms with E-state index in [4.69, 9.17) is 5.26 Å². The minimum absolute atomic E-state index is 0.0980. The lowest BCUT2D eigenvalue weighted by molar-refractivity contribution is 0.571. The van der Waals surface area contributed by atoms with Gasteiger partial charge in [0.05, 0.1) is 6.07 Å². The predicted octanol–water partition coefficient (Wildman–Crippen LogP) is 1.10. The van der Waals surface area contributed by atoms with Gasteiger partial charge in [-0.05, 0) is 25.5 Å². The molecule has 0 spiro atoms. The van der Waals surface area contributed by atoms with Crippen LogP contribution < -0.4 is 4.72 Å². The summed E-state index contributed by atoms with van der Waals surface area (Å²) in [5.41, 5.74) is 0. The molecule has 1 aliphatic rings. The van der Waals surface area contributed by atoms with Gasteiger partial charge in [-0.3, -0.25) is 0 Å². The number of nitriles is 1. The number of rotatable bonds is 6. The first-order chi connectivity index (χ1) is 6.99. The van der Waals surface area contributed by atoms with E-state index >= 15 is 0 Å². The second-order valence-electron chi connectivity index (χ2n) is 3.78. The van der Waals surface area contributed by atoms with Crippen LogP contribution in [-0.2, 0) is 10.0 Å². The van der Waals surface area contributed by atoms with Crippen molar-refractivity contribution in [1.82, 2.24) is 4.72 Å². The maximum atomic E-state index is 11.6. The first kappa shape index (κ1) is 12.8. The van der Waals surface area contributed by atoms with Crippen molar-refractivity contribution in [3.8, 4) is 6.07 Å². The molecular weight excluding hydrogens is 232 g/mol. The molecule has 0 aliphatic heterocycles. The van der Waals surface area contributed by atoms with Gasteiger partial charge in [-0.2, -0.15) is 17.0 Å². The van der Waals surface area contributed by atoms with Crippen molar-refractivity contribution in [1.29, 1.82) is 5.26 Å². The Morgan fingerprint density at radius 2 is 2.20 bits per heavy atom. The molecule has 1 N–H and O–H groups in total. The van der Waals surface area contributed by atoms with Crippen LogP contribution in [0.4, 0.5) is 0 Å². The van der Waals surface area contributed by atoms with E-state index in [1.165, 1.54) is 0 Å². The van der Waals surface area contributed by atoms with Gasteiger partial charge in [-0.25, -0.2) is 13.1 Å². The number of sulfonamides is 1. The number of thioether (sulfide) groups is 1. The van der Waals surface area contributed by atoms with Crippen LogP contribution in [0.2, 0.25) is 0 Å². The molecule has 0 aromatic rings. The van der Waals surface area contributed by atoms with Gasteiger partial charge in [-0.1, -0.05) is 6.92 Å². The van der Waals surface area contributed by atoms with Gasteiger partial charge in [0.15, 0.2) is 5.25 Å². The number of nitrogens with one attached hydrogen (secondary N) is 1. The van der Waals surface area contributed by atoms with E-state index in [1.54, 1.807) is 18.7 Å². The Balaban J connectivity index is 2.54. The lowest BCUT2D eigenvalue weighted by Gasteiger charge is -2.15. The molecule has 0 amide bonds. The second-order valence-corrected chi connectivity index (χ2v) is 7.00. The smallest absolute Gasteiger partial charge is 0.213 e. The average Bonchev–Trinajstić information content (AvgIpc) is 2.97. The molecule has 0 aromatic heterocycles. The van der Waals surface area contributed by atoms with Gasteiger partial charge in [0.2, 0.25) is 10.0 Å². The van der Waals surface area contributed by atoms with Crippen LogP contribution in [0.25, 0.3) is 0 Å². The first-order valence-corrected chi connectivity index (χ1v) is 7.70. The Bertz CT molecular complexity index is 355. The topological polar surface area (TPSA) is 70.0 Å². The summed E-state index contributed by atoms with van der Waals surface area (Å²) >= 11 is 1.70. The molecule has 6 heteroatoms. The number of nitrogens with zero attached hydrogens (tertiary/aromatic N) is 1. The van der Waals surface area contributed by atoms with Crippen LogP contribution in [0.3, 0.4) is 0 Å². The van der Waals surface area contributed by atoms with Crippen molar-refractivity contribution in [2.45, 2.75) is 36.2 Å². The van der Waals surface area contributed by atoms with E-state index < -0.39 is 15.3 Å². The van der Waals surface area contributed by atoms with Crippen LogP contribution in [-0.4, -0.2) is 31.2 Å². The summed E-state index contributed by atoms with van der Waals surface area (Å²) in [4.78, 5) is 0. The van der Waals surface area contributed by atoms with E-state index in [0.29, 0.717) is 13.0 Å². The van der Waals surface area contributed by atoms with E-state index in [-0.39, 0.29) is 4.75 Å². The second kappa shape index (κ2) is 4.73. The first-order valence-electron chi connectivity index (χ1n) is 4.93. The number of hydrogen-bond donors (Lipinski definition) is 1. The normalized spacial score (nSPS) is 20.6. The largest absolute Gasteiger partial charge is 0.228 e. The lowest BCUT2D eigenvalue weighted by Crippen LogP contribution is -2.37. The molecule has 86 valence electrons. The molecule has 0 aromatic carbocycles. The third-order valence-corrected chi connectivity index (χ3v) is 5.88. The molecule has 0 heterocycles. The van der Waals surface area contributed by atoms with Gasteiger partial charge >= 0.3 is 0 Å². The summed E-state index contributed by atoms with van der Waals surface area (Å²) in [7, 11) is -3.45. The predicted molar refractivity (Wildman–Crippen MR) is 62.1 cm³/mol. The minimum Gasteiger partial charge on any atom is -0.213 e. The molecule has 1 atom stereocenters. The zero-order valence-electron chi connectivity index (χ0n) is 8.99. The Morgan fingerprint density at radius 1 is 1.60 bits per heavy atom. The Kier molecular flexibility index (Phi) is 4.04. The molecule has 1 unspecified atom stereocenters. The molecule has 0 bridgehead atoms. The summed E-state index contributed by atoms with van der Waals surface area (Å²) in [6, 6.07) is 1.81. The summed E-state index contributed by atoms with van der Waals surface area (Å²) in [5, 5.41) is 7.77. The molecular formula is C9H16N2O2S2. The summed E-state index contributed by atoms with van der Waals surface area (Å²) < 4.78 is 25.9. The molecule has 0 saturated heterocycles. The standard InChI is InChI=1S/C9H16N2O2S2/c1-3-8(6-10)15(12,13)11-7-9(14-2)4-5-9/h8,11H,3-5,7H2,1-2H3. The quantitative estimate of drug-likeness (QED) is 0.764. The van der Waals surface area contributed by atoms with Gasteiger partial charge in [0.1, 0.15) is 0 Å². The van der Waals surface area contributed by atoms with E-state index in [2.05, 4.69) is 4.72 Å². The van der Waals surface area contributed by atoms with E-state index in [1.807, 2.05) is 12.3 Å². The SMILES string of the molecule is CCC(C#N)S(=O)(=O)NCC1(SC)CC1. The van der Waals surface area contributed by atoms with Gasteiger partial charge in [0.25, 0.3) is 0 Å². The van der Waals surface area contributed by atoms with Crippen molar-refractivity contribution in [3.05, 3.63) is 0 Å². The van der Waals surface area contributed by atoms with Crippen molar-refractivity contribution in [3.63, 3.8) is 0 Å².